The second kappa shape index (κ2) is 4.26. The lowest BCUT2D eigenvalue weighted by Gasteiger charge is -2.33. The zero-order chi connectivity index (χ0) is 10.8. The summed E-state index contributed by atoms with van der Waals surface area (Å²) < 4.78 is 0. The Morgan fingerprint density at radius 3 is 2.67 bits per heavy atom. The van der Waals surface area contributed by atoms with Crippen molar-refractivity contribution in [3.8, 4) is 0 Å². The fraction of sp³-hybridized carbons (Fsp3) is 0.571. The number of benzene rings is 1. The average molecular weight is 203 g/mol. The Morgan fingerprint density at radius 2 is 2.00 bits per heavy atom. The molecule has 1 aliphatic rings. The largest absolute Gasteiger partial charge is 0.399 e. The Balaban J connectivity index is 2.17. The zero-order valence-corrected chi connectivity index (χ0v) is 9.74. The third kappa shape index (κ3) is 2.34. The fourth-order valence-electron chi connectivity index (χ4n) is 2.95. The molecule has 1 nitrogen and oxygen atoms in total. The van der Waals surface area contributed by atoms with Crippen LogP contribution in [0.2, 0.25) is 0 Å². The summed E-state index contributed by atoms with van der Waals surface area (Å²) in [5, 5.41) is 0. The number of rotatable bonds is 1. The summed E-state index contributed by atoms with van der Waals surface area (Å²) >= 11 is 0. The molecule has 2 N–H and O–H groups in total. The van der Waals surface area contributed by atoms with Gasteiger partial charge in [-0.2, -0.15) is 0 Å². The molecule has 2 rings (SSSR count). The first kappa shape index (κ1) is 10.5. The molecule has 0 spiro atoms. The van der Waals surface area contributed by atoms with E-state index in [1.807, 2.05) is 6.07 Å². The smallest absolute Gasteiger partial charge is 0.0316 e. The van der Waals surface area contributed by atoms with Gasteiger partial charge in [0.15, 0.2) is 0 Å². The van der Waals surface area contributed by atoms with Gasteiger partial charge in [0, 0.05) is 5.69 Å². The number of hydrogen-bond donors (Lipinski definition) is 1. The van der Waals surface area contributed by atoms with E-state index in [1.165, 1.54) is 24.8 Å². The Labute approximate surface area is 92.7 Å². The first-order valence-electron chi connectivity index (χ1n) is 6.02. The summed E-state index contributed by atoms with van der Waals surface area (Å²) in [4.78, 5) is 0. The van der Waals surface area contributed by atoms with Crippen LogP contribution >= 0.6 is 0 Å². The van der Waals surface area contributed by atoms with Crippen molar-refractivity contribution in [1.82, 2.24) is 0 Å². The van der Waals surface area contributed by atoms with E-state index in [4.69, 9.17) is 5.73 Å². The maximum absolute atomic E-state index is 5.84. The maximum Gasteiger partial charge on any atom is 0.0316 e. The van der Waals surface area contributed by atoms with E-state index in [2.05, 4.69) is 32.0 Å². The lowest BCUT2D eigenvalue weighted by Crippen LogP contribution is -2.19. The molecule has 0 heterocycles. The van der Waals surface area contributed by atoms with E-state index in [0.717, 1.165) is 23.4 Å². The highest BCUT2D eigenvalue weighted by molar-refractivity contribution is 5.42. The van der Waals surface area contributed by atoms with Crippen molar-refractivity contribution >= 4 is 5.69 Å². The van der Waals surface area contributed by atoms with Crippen molar-refractivity contribution in [3.63, 3.8) is 0 Å². The summed E-state index contributed by atoms with van der Waals surface area (Å²) in [6, 6.07) is 8.43. The third-order valence-electron chi connectivity index (χ3n) is 3.77. The molecular weight excluding hydrogens is 182 g/mol. The van der Waals surface area contributed by atoms with Gasteiger partial charge in [0.1, 0.15) is 0 Å². The number of hydrogen-bond acceptors (Lipinski definition) is 1. The first-order valence-corrected chi connectivity index (χ1v) is 6.02. The van der Waals surface area contributed by atoms with Gasteiger partial charge in [-0.3, -0.25) is 0 Å². The van der Waals surface area contributed by atoms with Crippen LogP contribution in [-0.4, -0.2) is 0 Å². The molecule has 0 bridgehead atoms. The average Bonchev–Trinajstić information content (AvgIpc) is 2.17. The summed E-state index contributed by atoms with van der Waals surface area (Å²) in [5.41, 5.74) is 8.18. The molecule has 3 atom stereocenters. The minimum Gasteiger partial charge on any atom is -0.399 e. The molecule has 15 heavy (non-hydrogen) atoms. The van der Waals surface area contributed by atoms with Gasteiger partial charge in [0.2, 0.25) is 0 Å². The van der Waals surface area contributed by atoms with Crippen LogP contribution in [0.5, 0.6) is 0 Å². The van der Waals surface area contributed by atoms with E-state index in [1.54, 1.807) is 0 Å². The molecule has 1 heteroatoms. The van der Waals surface area contributed by atoms with Gasteiger partial charge in [-0.05, 0) is 48.3 Å². The van der Waals surface area contributed by atoms with E-state index >= 15 is 0 Å². The van der Waals surface area contributed by atoms with E-state index < -0.39 is 0 Å². The molecule has 0 amide bonds. The highest BCUT2D eigenvalue weighted by Gasteiger charge is 2.26. The van der Waals surface area contributed by atoms with Crippen LogP contribution < -0.4 is 5.73 Å². The van der Waals surface area contributed by atoms with Gasteiger partial charge in [0.25, 0.3) is 0 Å². The third-order valence-corrected chi connectivity index (χ3v) is 3.77. The SMILES string of the molecule is CC1CCC(c2cccc(N)c2)C(C)C1. The summed E-state index contributed by atoms with van der Waals surface area (Å²) in [6.07, 6.45) is 4.05. The highest BCUT2D eigenvalue weighted by Crippen LogP contribution is 2.40. The molecule has 1 aromatic carbocycles. The molecule has 0 aliphatic heterocycles. The minimum atomic E-state index is 0.727. The van der Waals surface area contributed by atoms with Crippen molar-refractivity contribution in [3.05, 3.63) is 29.8 Å². The van der Waals surface area contributed by atoms with Crippen LogP contribution in [0.25, 0.3) is 0 Å². The Bertz CT molecular complexity index is 332. The summed E-state index contributed by atoms with van der Waals surface area (Å²) in [6.45, 7) is 4.75. The number of anilines is 1. The number of nitrogens with two attached hydrogens (primary N) is 1. The second-order valence-electron chi connectivity index (χ2n) is 5.17. The Kier molecular flexibility index (Phi) is 2.99. The van der Waals surface area contributed by atoms with Crippen molar-refractivity contribution in [1.29, 1.82) is 0 Å². The van der Waals surface area contributed by atoms with Crippen LogP contribution in [0.4, 0.5) is 5.69 Å². The molecular formula is C14H21N. The van der Waals surface area contributed by atoms with Gasteiger partial charge < -0.3 is 5.73 Å². The van der Waals surface area contributed by atoms with Crippen molar-refractivity contribution in [2.45, 2.75) is 39.0 Å². The lowest BCUT2D eigenvalue weighted by molar-refractivity contribution is 0.262. The molecule has 82 valence electrons. The Morgan fingerprint density at radius 1 is 1.20 bits per heavy atom. The van der Waals surface area contributed by atoms with Gasteiger partial charge in [-0.25, -0.2) is 0 Å². The zero-order valence-electron chi connectivity index (χ0n) is 9.74. The van der Waals surface area contributed by atoms with Crippen LogP contribution in [0.1, 0.15) is 44.6 Å². The van der Waals surface area contributed by atoms with Crippen LogP contribution in [-0.2, 0) is 0 Å². The van der Waals surface area contributed by atoms with Crippen molar-refractivity contribution in [2.75, 3.05) is 5.73 Å². The van der Waals surface area contributed by atoms with Crippen LogP contribution in [0, 0.1) is 11.8 Å². The fourth-order valence-corrected chi connectivity index (χ4v) is 2.95. The first-order chi connectivity index (χ1) is 7.16. The molecule has 1 saturated carbocycles. The Hall–Kier alpha value is -0.980. The highest BCUT2D eigenvalue weighted by atomic mass is 14.5. The van der Waals surface area contributed by atoms with Gasteiger partial charge in [0.05, 0.1) is 0 Å². The van der Waals surface area contributed by atoms with Crippen LogP contribution in [0.15, 0.2) is 24.3 Å². The molecule has 0 saturated heterocycles. The normalized spacial score (nSPS) is 31.5. The topological polar surface area (TPSA) is 26.0 Å². The van der Waals surface area contributed by atoms with Gasteiger partial charge in [-0.1, -0.05) is 32.4 Å². The molecule has 1 aliphatic carbocycles. The van der Waals surface area contributed by atoms with Gasteiger partial charge >= 0.3 is 0 Å². The quantitative estimate of drug-likeness (QED) is 0.690. The standard InChI is InChI=1S/C14H21N/c1-10-6-7-14(11(2)8-10)12-4-3-5-13(15)9-12/h3-5,9-11,14H,6-8,15H2,1-2H3. The predicted molar refractivity (Wildman–Crippen MR) is 65.8 cm³/mol. The van der Waals surface area contributed by atoms with E-state index in [0.29, 0.717) is 0 Å². The van der Waals surface area contributed by atoms with E-state index in [9.17, 15) is 0 Å². The molecule has 1 fully saturated rings. The van der Waals surface area contributed by atoms with Gasteiger partial charge in [-0.15, -0.1) is 0 Å². The molecule has 3 unspecified atom stereocenters. The molecule has 0 aromatic heterocycles. The molecule has 1 aromatic rings. The van der Waals surface area contributed by atoms with Crippen molar-refractivity contribution < 1.29 is 0 Å². The molecule has 0 radical (unpaired) electrons. The second-order valence-corrected chi connectivity index (χ2v) is 5.17. The summed E-state index contributed by atoms with van der Waals surface area (Å²) in [5.74, 6) is 2.43. The summed E-state index contributed by atoms with van der Waals surface area (Å²) in [7, 11) is 0. The predicted octanol–water partition coefficient (Wildman–Crippen LogP) is 3.81. The monoisotopic (exact) mass is 203 g/mol. The van der Waals surface area contributed by atoms with E-state index in [-0.39, 0.29) is 0 Å². The lowest BCUT2D eigenvalue weighted by atomic mass is 9.72. The van der Waals surface area contributed by atoms with Crippen LogP contribution in [0.3, 0.4) is 0 Å². The number of nitrogen functional groups attached to an aromatic ring is 1. The maximum atomic E-state index is 5.84. The van der Waals surface area contributed by atoms with Crippen molar-refractivity contribution in [2.24, 2.45) is 11.8 Å². The minimum absolute atomic E-state index is 0.727.